The Kier molecular flexibility index (Phi) is 7.70. The molecule has 108 valence electrons. The maximum absolute atomic E-state index is 9.81. The molecule has 0 aliphatic rings. The van der Waals surface area contributed by atoms with Crippen molar-refractivity contribution in [2.24, 2.45) is 0 Å². The van der Waals surface area contributed by atoms with Crippen molar-refractivity contribution in [3.63, 3.8) is 0 Å². The van der Waals surface area contributed by atoms with Crippen molar-refractivity contribution in [3.8, 4) is 11.5 Å². The highest BCUT2D eigenvalue weighted by atomic mass is 32.2. The standard InChI is InChI=1S/C14H23NO3S/c1-11(10-19-3)15-8-12(16)9-18-14-6-4-13(17-2)5-7-14/h4-7,11-12,15-16H,8-10H2,1-3H3. The first kappa shape index (κ1) is 16.1. The average molecular weight is 285 g/mol. The molecule has 0 amide bonds. The molecule has 19 heavy (non-hydrogen) atoms. The molecule has 0 fully saturated rings. The molecule has 0 aliphatic carbocycles. The van der Waals surface area contributed by atoms with Crippen LogP contribution in [0, 0.1) is 0 Å². The third kappa shape index (κ3) is 6.71. The van der Waals surface area contributed by atoms with Gasteiger partial charge in [-0.3, -0.25) is 0 Å². The maximum Gasteiger partial charge on any atom is 0.119 e. The lowest BCUT2D eigenvalue weighted by molar-refractivity contribution is 0.105. The number of nitrogens with one attached hydrogen (secondary N) is 1. The molecule has 1 aromatic carbocycles. The molecule has 0 saturated carbocycles. The molecule has 2 unspecified atom stereocenters. The second kappa shape index (κ2) is 9.07. The van der Waals surface area contributed by atoms with Crippen LogP contribution in [0.25, 0.3) is 0 Å². The van der Waals surface area contributed by atoms with Gasteiger partial charge in [-0.05, 0) is 37.4 Å². The second-order valence-corrected chi connectivity index (χ2v) is 5.32. The second-order valence-electron chi connectivity index (χ2n) is 4.40. The Bertz CT molecular complexity index is 345. The van der Waals surface area contributed by atoms with Gasteiger partial charge in [0.05, 0.1) is 7.11 Å². The lowest BCUT2D eigenvalue weighted by Crippen LogP contribution is -2.37. The number of rotatable bonds is 9. The van der Waals surface area contributed by atoms with Crippen LogP contribution >= 0.6 is 11.8 Å². The van der Waals surface area contributed by atoms with E-state index in [4.69, 9.17) is 9.47 Å². The van der Waals surface area contributed by atoms with Gasteiger partial charge in [0.25, 0.3) is 0 Å². The van der Waals surface area contributed by atoms with E-state index >= 15 is 0 Å². The van der Waals surface area contributed by atoms with Crippen LogP contribution in [0.1, 0.15) is 6.92 Å². The third-order valence-electron chi connectivity index (χ3n) is 2.62. The molecular formula is C14H23NO3S. The first-order valence-electron chi connectivity index (χ1n) is 6.33. The zero-order chi connectivity index (χ0) is 14.1. The summed E-state index contributed by atoms with van der Waals surface area (Å²) < 4.78 is 10.6. The van der Waals surface area contributed by atoms with Crippen LogP contribution in [0.2, 0.25) is 0 Å². The van der Waals surface area contributed by atoms with Gasteiger partial charge in [0.1, 0.15) is 24.2 Å². The van der Waals surface area contributed by atoms with Crippen LogP contribution in [0.5, 0.6) is 11.5 Å². The highest BCUT2D eigenvalue weighted by Gasteiger charge is 2.07. The Morgan fingerprint density at radius 1 is 1.26 bits per heavy atom. The van der Waals surface area contributed by atoms with Crippen molar-refractivity contribution in [3.05, 3.63) is 24.3 Å². The van der Waals surface area contributed by atoms with Gasteiger partial charge in [-0.25, -0.2) is 0 Å². The van der Waals surface area contributed by atoms with Crippen LogP contribution in [0.15, 0.2) is 24.3 Å². The number of hydrogen-bond acceptors (Lipinski definition) is 5. The summed E-state index contributed by atoms with van der Waals surface area (Å²) in [6.07, 6.45) is 1.56. The number of hydrogen-bond donors (Lipinski definition) is 2. The van der Waals surface area contributed by atoms with Crippen molar-refractivity contribution >= 4 is 11.8 Å². The molecular weight excluding hydrogens is 262 g/mol. The summed E-state index contributed by atoms with van der Waals surface area (Å²) in [5.41, 5.74) is 0. The molecule has 2 N–H and O–H groups in total. The highest BCUT2D eigenvalue weighted by molar-refractivity contribution is 7.98. The van der Waals surface area contributed by atoms with Crippen molar-refractivity contribution in [1.82, 2.24) is 5.32 Å². The van der Waals surface area contributed by atoms with E-state index in [-0.39, 0.29) is 6.61 Å². The van der Waals surface area contributed by atoms with Crippen LogP contribution in [-0.2, 0) is 0 Å². The molecule has 0 radical (unpaired) electrons. The molecule has 1 rings (SSSR count). The highest BCUT2D eigenvalue weighted by Crippen LogP contribution is 2.16. The van der Waals surface area contributed by atoms with Crippen LogP contribution < -0.4 is 14.8 Å². The molecule has 0 aromatic heterocycles. The SMILES string of the molecule is COc1ccc(OCC(O)CNC(C)CSC)cc1. The Labute approximate surface area is 119 Å². The van der Waals surface area contributed by atoms with Crippen LogP contribution in [0.3, 0.4) is 0 Å². The third-order valence-corrected chi connectivity index (χ3v) is 3.45. The van der Waals surface area contributed by atoms with E-state index in [9.17, 15) is 5.11 Å². The van der Waals surface area contributed by atoms with E-state index in [1.54, 1.807) is 18.9 Å². The normalized spacial score (nSPS) is 13.9. The molecule has 0 spiro atoms. The zero-order valence-electron chi connectivity index (χ0n) is 11.8. The maximum atomic E-state index is 9.81. The summed E-state index contributed by atoms with van der Waals surface area (Å²) >= 11 is 1.79. The minimum atomic E-state index is -0.508. The van der Waals surface area contributed by atoms with Crippen molar-refractivity contribution in [2.45, 2.75) is 19.1 Å². The van der Waals surface area contributed by atoms with Gasteiger partial charge in [-0.2, -0.15) is 11.8 Å². The quantitative estimate of drug-likeness (QED) is 0.724. The predicted molar refractivity (Wildman–Crippen MR) is 80.3 cm³/mol. The van der Waals surface area contributed by atoms with Gasteiger partial charge in [0, 0.05) is 18.3 Å². The van der Waals surface area contributed by atoms with E-state index in [0.29, 0.717) is 12.6 Å². The fourth-order valence-corrected chi connectivity index (χ4v) is 2.19. The van der Waals surface area contributed by atoms with Crippen molar-refractivity contribution in [1.29, 1.82) is 0 Å². The topological polar surface area (TPSA) is 50.7 Å². The number of methoxy groups -OCH3 is 1. The van der Waals surface area contributed by atoms with E-state index in [0.717, 1.165) is 17.3 Å². The largest absolute Gasteiger partial charge is 0.497 e. The van der Waals surface area contributed by atoms with E-state index in [2.05, 4.69) is 18.5 Å². The molecule has 0 bridgehead atoms. The summed E-state index contributed by atoms with van der Waals surface area (Å²) in [7, 11) is 1.63. The minimum absolute atomic E-state index is 0.283. The summed E-state index contributed by atoms with van der Waals surface area (Å²) in [4.78, 5) is 0. The zero-order valence-corrected chi connectivity index (χ0v) is 12.6. The molecule has 1 aromatic rings. The van der Waals surface area contributed by atoms with Gasteiger partial charge in [-0.1, -0.05) is 0 Å². The molecule has 4 nitrogen and oxygen atoms in total. The minimum Gasteiger partial charge on any atom is -0.497 e. The molecule has 5 heteroatoms. The lowest BCUT2D eigenvalue weighted by Gasteiger charge is -2.17. The molecule has 2 atom stereocenters. The van der Waals surface area contributed by atoms with Gasteiger partial charge < -0.3 is 19.9 Å². The summed E-state index contributed by atoms with van der Waals surface area (Å²) in [5, 5.41) is 13.1. The number of aliphatic hydroxyl groups is 1. The average Bonchev–Trinajstić information content (AvgIpc) is 2.44. The van der Waals surface area contributed by atoms with E-state index in [1.165, 1.54) is 0 Å². The Morgan fingerprint density at radius 2 is 1.89 bits per heavy atom. The van der Waals surface area contributed by atoms with Crippen LogP contribution in [0.4, 0.5) is 0 Å². The monoisotopic (exact) mass is 285 g/mol. The molecule has 0 saturated heterocycles. The smallest absolute Gasteiger partial charge is 0.119 e. The molecule has 0 aliphatic heterocycles. The fourth-order valence-electron chi connectivity index (χ4n) is 1.57. The Balaban J connectivity index is 2.23. The predicted octanol–water partition coefficient (Wildman–Crippen LogP) is 1.78. The van der Waals surface area contributed by atoms with Gasteiger partial charge in [-0.15, -0.1) is 0 Å². The molecule has 0 heterocycles. The summed E-state index contributed by atoms with van der Waals surface area (Å²) in [6, 6.07) is 7.72. The number of ether oxygens (including phenoxy) is 2. The Morgan fingerprint density at radius 3 is 2.47 bits per heavy atom. The van der Waals surface area contributed by atoms with Gasteiger partial charge in [0.2, 0.25) is 0 Å². The fraction of sp³-hybridized carbons (Fsp3) is 0.571. The first-order chi connectivity index (χ1) is 9.15. The van der Waals surface area contributed by atoms with Crippen LogP contribution in [-0.4, -0.2) is 49.5 Å². The van der Waals surface area contributed by atoms with Gasteiger partial charge in [0.15, 0.2) is 0 Å². The van der Waals surface area contributed by atoms with Crippen molar-refractivity contribution < 1.29 is 14.6 Å². The van der Waals surface area contributed by atoms with Crippen molar-refractivity contribution in [2.75, 3.05) is 32.3 Å². The number of thioether (sulfide) groups is 1. The van der Waals surface area contributed by atoms with E-state index < -0.39 is 6.10 Å². The Hall–Kier alpha value is -0.910. The number of aliphatic hydroxyl groups excluding tert-OH is 1. The summed E-state index contributed by atoms with van der Waals surface area (Å²) in [5.74, 6) is 2.56. The first-order valence-corrected chi connectivity index (χ1v) is 7.72. The van der Waals surface area contributed by atoms with Gasteiger partial charge >= 0.3 is 0 Å². The lowest BCUT2D eigenvalue weighted by atomic mass is 10.3. The number of benzene rings is 1. The summed E-state index contributed by atoms with van der Waals surface area (Å²) in [6.45, 7) is 2.93. The van der Waals surface area contributed by atoms with E-state index in [1.807, 2.05) is 24.3 Å².